The van der Waals surface area contributed by atoms with Gasteiger partial charge in [-0.3, -0.25) is 4.79 Å². The van der Waals surface area contributed by atoms with Crippen LogP contribution in [0.15, 0.2) is 35.4 Å². The third-order valence-corrected chi connectivity index (χ3v) is 3.78. The van der Waals surface area contributed by atoms with E-state index < -0.39 is 0 Å². The van der Waals surface area contributed by atoms with E-state index in [2.05, 4.69) is 17.6 Å². The van der Waals surface area contributed by atoms with Crippen molar-refractivity contribution in [3.63, 3.8) is 0 Å². The van der Waals surface area contributed by atoms with Gasteiger partial charge >= 0.3 is 0 Å². The highest BCUT2D eigenvalue weighted by Gasteiger charge is 2.20. The van der Waals surface area contributed by atoms with E-state index in [0.717, 1.165) is 36.4 Å². The van der Waals surface area contributed by atoms with Gasteiger partial charge in [0.25, 0.3) is 0 Å². The molecule has 1 aromatic carbocycles. The molecule has 1 aromatic rings. The lowest BCUT2D eigenvalue weighted by Gasteiger charge is -2.24. The second-order valence-electron chi connectivity index (χ2n) is 5.01. The number of hydrogen-bond acceptors (Lipinski definition) is 3. The second-order valence-corrected chi connectivity index (χ2v) is 5.01. The number of benzene rings is 1. The number of hydrogen-bond donors (Lipinski definition) is 2. The molecule has 0 bridgehead atoms. The number of methoxy groups -OCH3 is 1. The molecule has 0 saturated carbocycles. The first-order valence-corrected chi connectivity index (χ1v) is 7.00. The van der Waals surface area contributed by atoms with E-state index in [-0.39, 0.29) is 11.9 Å². The Morgan fingerprint density at radius 1 is 1.40 bits per heavy atom. The summed E-state index contributed by atoms with van der Waals surface area (Å²) in [5.74, 6) is 0.828. The Morgan fingerprint density at radius 2 is 2.10 bits per heavy atom. The van der Waals surface area contributed by atoms with Crippen LogP contribution in [-0.4, -0.2) is 26.1 Å². The molecule has 0 aromatic heterocycles. The minimum absolute atomic E-state index is 0.0132. The Labute approximate surface area is 120 Å². The molecule has 20 heavy (non-hydrogen) atoms. The zero-order valence-electron chi connectivity index (χ0n) is 12.3. The smallest absolute Gasteiger partial charge is 0.247 e. The van der Waals surface area contributed by atoms with E-state index in [1.54, 1.807) is 7.11 Å². The molecule has 1 aliphatic rings. The molecule has 1 heterocycles. The van der Waals surface area contributed by atoms with E-state index in [9.17, 15) is 4.79 Å². The van der Waals surface area contributed by atoms with Gasteiger partial charge in [0.15, 0.2) is 0 Å². The summed E-state index contributed by atoms with van der Waals surface area (Å²) in [7, 11) is 1.65. The zero-order valence-corrected chi connectivity index (χ0v) is 12.3. The first-order valence-electron chi connectivity index (χ1n) is 7.00. The van der Waals surface area contributed by atoms with Crippen LogP contribution in [0.1, 0.15) is 31.9 Å². The van der Waals surface area contributed by atoms with Crippen LogP contribution in [0.3, 0.4) is 0 Å². The van der Waals surface area contributed by atoms with Crippen molar-refractivity contribution in [2.75, 3.05) is 20.2 Å². The average molecular weight is 274 g/mol. The molecule has 1 unspecified atom stereocenters. The SMILES string of the molecule is CCC(NC(=O)C(C)=C1CNC1)c1ccccc1OC. The third kappa shape index (κ3) is 3.02. The highest BCUT2D eigenvalue weighted by Crippen LogP contribution is 2.27. The molecule has 0 aliphatic carbocycles. The lowest BCUT2D eigenvalue weighted by atomic mass is 10.0. The van der Waals surface area contributed by atoms with Gasteiger partial charge in [-0.1, -0.05) is 25.1 Å². The predicted octanol–water partition coefficient (Wildman–Crippen LogP) is 2.18. The molecule has 4 heteroatoms. The Kier molecular flexibility index (Phi) is 4.79. The van der Waals surface area contributed by atoms with E-state index in [1.807, 2.05) is 31.2 Å². The van der Waals surface area contributed by atoms with Gasteiger partial charge in [-0.15, -0.1) is 0 Å². The Morgan fingerprint density at radius 3 is 2.65 bits per heavy atom. The van der Waals surface area contributed by atoms with E-state index in [4.69, 9.17) is 4.74 Å². The molecule has 1 atom stereocenters. The summed E-state index contributed by atoms with van der Waals surface area (Å²) in [6.07, 6.45) is 0.826. The van der Waals surface area contributed by atoms with E-state index in [0.29, 0.717) is 0 Å². The van der Waals surface area contributed by atoms with Gasteiger partial charge < -0.3 is 15.4 Å². The van der Waals surface area contributed by atoms with Crippen molar-refractivity contribution >= 4 is 5.91 Å². The van der Waals surface area contributed by atoms with Gasteiger partial charge in [0.1, 0.15) is 5.75 Å². The third-order valence-electron chi connectivity index (χ3n) is 3.78. The summed E-state index contributed by atoms with van der Waals surface area (Å²) in [5, 5.41) is 6.26. The van der Waals surface area contributed by atoms with Crippen LogP contribution in [0.25, 0.3) is 0 Å². The maximum absolute atomic E-state index is 12.3. The van der Waals surface area contributed by atoms with Gasteiger partial charge in [0.05, 0.1) is 13.2 Å². The molecule has 1 amide bonds. The molecular weight excluding hydrogens is 252 g/mol. The number of rotatable bonds is 5. The number of para-hydroxylation sites is 1. The quantitative estimate of drug-likeness (QED) is 0.809. The molecule has 4 nitrogen and oxygen atoms in total. The second kappa shape index (κ2) is 6.57. The minimum Gasteiger partial charge on any atom is -0.496 e. The first-order chi connectivity index (χ1) is 9.67. The summed E-state index contributed by atoms with van der Waals surface area (Å²) < 4.78 is 5.38. The van der Waals surface area contributed by atoms with Crippen LogP contribution >= 0.6 is 0 Å². The molecular formula is C16H22N2O2. The fourth-order valence-corrected chi connectivity index (χ4v) is 2.30. The Hall–Kier alpha value is -1.81. The molecule has 0 spiro atoms. The molecule has 2 rings (SSSR count). The average Bonchev–Trinajstić information content (AvgIpc) is 2.42. The maximum Gasteiger partial charge on any atom is 0.247 e. The number of amides is 1. The summed E-state index contributed by atoms with van der Waals surface area (Å²) in [5.41, 5.74) is 3.05. The van der Waals surface area contributed by atoms with Crippen LogP contribution < -0.4 is 15.4 Å². The van der Waals surface area contributed by atoms with E-state index in [1.165, 1.54) is 5.57 Å². The molecule has 0 radical (unpaired) electrons. The number of carbonyl (C=O) groups is 1. The summed E-state index contributed by atoms with van der Waals surface area (Å²) >= 11 is 0. The minimum atomic E-state index is -0.0257. The van der Waals surface area contributed by atoms with Crippen LogP contribution in [0.2, 0.25) is 0 Å². The lowest BCUT2D eigenvalue weighted by Crippen LogP contribution is -2.38. The van der Waals surface area contributed by atoms with Gasteiger partial charge in [-0.25, -0.2) is 0 Å². The monoisotopic (exact) mass is 274 g/mol. The summed E-state index contributed by atoms with van der Waals surface area (Å²) in [6, 6.07) is 7.80. The van der Waals surface area contributed by atoms with Crippen molar-refractivity contribution in [1.29, 1.82) is 0 Å². The summed E-state index contributed by atoms with van der Waals surface area (Å²) in [4.78, 5) is 12.3. The maximum atomic E-state index is 12.3. The molecule has 1 fully saturated rings. The fraction of sp³-hybridized carbons (Fsp3) is 0.438. The van der Waals surface area contributed by atoms with E-state index >= 15 is 0 Å². The van der Waals surface area contributed by atoms with Gasteiger partial charge in [0, 0.05) is 24.2 Å². The fourth-order valence-electron chi connectivity index (χ4n) is 2.30. The van der Waals surface area contributed by atoms with Crippen molar-refractivity contribution in [2.24, 2.45) is 0 Å². The van der Waals surface area contributed by atoms with Gasteiger partial charge in [-0.2, -0.15) is 0 Å². The topological polar surface area (TPSA) is 50.4 Å². The van der Waals surface area contributed by atoms with Crippen molar-refractivity contribution < 1.29 is 9.53 Å². The number of nitrogens with one attached hydrogen (secondary N) is 2. The number of ether oxygens (including phenoxy) is 1. The highest BCUT2D eigenvalue weighted by molar-refractivity contribution is 5.94. The van der Waals surface area contributed by atoms with Crippen molar-refractivity contribution in [2.45, 2.75) is 26.3 Å². The standard InChI is InChI=1S/C16H22N2O2/c1-4-14(13-7-5-6-8-15(13)20-3)18-16(19)11(2)12-9-17-10-12/h5-8,14,17H,4,9-10H2,1-3H3,(H,18,19). The largest absolute Gasteiger partial charge is 0.496 e. The predicted molar refractivity (Wildman–Crippen MR) is 79.7 cm³/mol. The Balaban J connectivity index is 2.14. The van der Waals surface area contributed by atoms with Gasteiger partial charge in [0.2, 0.25) is 5.91 Å². The molecule has 1 aliphatic heterocycles. The van der Waals surface area contributed by atoms with Crippen molar-refractivity contribution in [1.82, 2.24) is 10.6 Å². The van der Waals surface area contributed by atoms with Crippen molar-refractivity contribution in [3.05, 3.63) is 41.0 Å². The van der Waals surface area contributed by atoms with Crippen molar-refractivity contribution in [3.8, 4) is 5.75 Å². The number of carbonyl (C=O) groups excluding carboxylic acids is 1. The van der Waals surface area contributed by atoms with Crippen LogP contribution in [0.5, 0.6) is 5.75 Å². The van der Waals surface area contributed by atoms with Crippen LogP contribution in [0.4, 0.5) is 0 Å². The Bertz CT molecular complexity index is 517. The zero-order chi connectivity index (χ0) is 14.5. The van der Waals surface area contributed by atoms with Crippen LogP contribution in [-0.2, 0) is 4.79 Å². The lowest BCUT2D eigenvalue weighted by molar-refractivity contribution is -0.118. The molecule has 1 saturated heterocycles. The summed E-state index contributed by atoms with van der Waals surface area (Å²) in [6.45, 7) is 5.60. The van der Waals surface area contributed by atoms with Crippen LogP contribution in [0, 0.1) is 0 Å². The molecule has 2 N–H and O–H groups in total. The van der Waals surface area contributed by atoms with Gasteiger partial charge in [-0.05, 0) is 25.0 Å². The highest BCUT2D eigenvalue weighted by atomic mass is 16.5. The first kappa shape index (κ1) is 14.6. The normalized spacial score (nSPS) is 15.2. The molecule has 108 valence electrons.